The van der Waals surface area contributed by atoms with Crippen LogP contribution >= 0.6 is 11.3 Å². The van der Waals surface area contributed by atoms with Gasteiger partial charge in [0.1, 0.15) is 6.04 Å². The molecule has 3 heterocycles. The third kappa shape index (κ3) is 3.64. The van der Waals surface area contributed by atoms with Crippen molar-refractivity contribution in [1.29, 1.82) is 0 Å². The summed E-state index contributed by atoms with van der Waals surface area (Å²) in [6.45, 7) is 5.47. The van der Waals surface area contributed by atoms with Gasteiger partial charge >= 0.3 is 0 Å². The van der Waals surface area contributed by atoms with Gasteiger partial charge in [0.2, 0.25) is 11.8 Å². The van der Waals surface area contributed by atoms with E-state index in [4.69, 9.17) is 0 Å². The second-order valence-corrected chi connectivity index (χ2v) is 8.49. The molecule has 0 spiro atoms. The zero-order valence-electron chi connectivity index (χ0n) is 16.6. The highest BCUT2D eigenvalue weighted by atomic mass is 32.1. The van der Waals surface area contributed by atoms with Crippen molar-refractivity contribution in [2.45, 2.75) is 39.2 Å². The van der Waals surface area contributed by atoms with Crippen LogP contribution in [0.5, 0.6) is 0 Å². The predicted octanol–water partition coefficient (Wildman–Crippen LogP) is 2.61. The Bertz CT molecular complexity index is 1150. The van der Waals surface area contributed by atoms with Crippen LogP contribution < -0.4 is 10.9 Å². The van der Waals surface area contributed by atoms with Gasteiger partial charge in [-0.2, -0.15) is 5.10 Å². The van der Waals surface area contributed by atoms with Gasteiger partial charge < -0.3 is 10.2 Å². The van der Waals surface area contributed by atoms with Crippen LogP contribution in [0.3, 0.4) is 0 Å². The van der Waals surface area contributed by atoms with Gasteiger partial charge in [-0.15, -0.1) is 11.3 Å². The molecule has 4 rings (SSSR count). The lowest BCUT2D eigenvalue weighted by atomic mass is 10.2. The van der Waals surface area contributed by atoms with E-state index in [0.29, 0.717) is 31.3 Å². The first-order chi connectivity index (χ1) is 14.0. The number of aryl methyl sites for hydroxylation is 1. The Morgan fingerprint density at radius 3 is 2.86 bits per heavy atom. The van der Waals surface area contributed by atoms with E-state index in [1.54, 1.807) is 18.3 Å². The number of rotatable bonds is 6. The normalized spacial score (nSPS) is 15.4. The molecule has 3 aromatic rings. The SMILES string of the molecule is Cc1nn(C(C)C(=O)NCCCN2CCCC2=O)c(=O)c2c1sc1ccccc12. The van der Waals surface area contributed by atoms with Crippen molar-refractivity contribution < 1.29 is 9.59 Å². The molecule has 0 radical (unpaired) electrons. The Hall–Kier alpha value is -2.74. The first-order valence-corrected chi connectivity index (χ1v) is 10.7. The lowest BCUT2D eigenvalue weighted by molar-refractivity contribution is -0.127. The van der Waals surface area contributed by atoms with Crippen LogP contribution in [0.4, 0.5) is 0 Å². The van der Waals surface area contributed by atoms with E-state index in [-0.39, 0.29) is 17.4 Å². The van der Waals surface area contributed by atoms with Gasteiger partial charge in [0.25, 0.3) is 5.56 Å². The molecule has 0 saturated carbocycles. The van der Waals surface area contributed by atoms with Gasteiger partial charge in [-0.25, -0.2) is 4.68 Å². The second kappa shape index (κ2) is 7.94. The van der Waals surface area contributed by atoms with Crippen LogP contribution in [0.1, 0.15) is 37.9 Å². The van der Waals surface area contributed by atoms with E-state index in [1.807, 2.05) is 36.1 Å². The number of amides is 2. The summed E-state index contributed by atoms with van der Waals surface area (Å²) in [5, 5.41) is 8.82. The average Bonchev–Trinajstić information content (AvgIpc) is 3.31. The number of hydrogen-bond donors (Lipinski definition) is 1. The van der Waals surface area contributed by atoms with Crippen molar-refractivity contribution in [3.05, 3.63) is 40.3 Å². The van der Waals surface area contributed by atoms with E-state index < -0.39 is 6.04 Å². The first kappa shape index (κ1) is 19.6. The lowest BCUT2D eigenvalue weighted by Crippen LogP contribution is -2.38. The number of carbonyl (C=O) groups is 2. The molecule has 1 aromatic carbocycles. The number of fused-ring (bicyclic) bond motifs is 3. The number of thiophene rings is 1. The summed E-state index contributed by atoms with van der Waals surface area (Å²) in [5.41, 5.74) is 0.501. The molecule has 152 valence electrons. The van der Waals surface area contributed by atoms with E-state index in [9.17, 15) is 14.4 Å². The van der Waals surface area contributed by atoms with E-state index in [1.165, 1.54) is 4.68 Å². The summed E-state index contributed by atoms with van der Waals surface area (Å²) in [6.07, 6.45) is 2.23. The number of benzene rings is 1. The Morgan fingerprint density at radius 2 is 2.10 bits per heavy atom. The third-order valence-electron chi connectivity index (χ3n) is 5.43. The molecule has 8 heteroatoms. The minimum atomic E-state index is -0.710. The zero-order valence-corrected chi connectivity index (χ0v) is 17.4. The number of carbonyl (C=O) groups excluding carboxylic acids is 2. The second-order valence-electron chi connectivity index (χ2n) is 7.44. The molecule has 7 nitrogen and oxygen atoms in total. The van der Waals surface area contributed by atoms with Crippen molar-refractivity contribution in [3.63, 3.8) is 0 Å². The van der Waals surface area contributed by atoms with Crippen molar-refractivity contribution in [1.82, 2.24) is 20.0 Å². The maximum Gasteiger partial charge on any atom is 0.276 e. The maximum absolute atomic E-state index is 13.1. The molecule has 1 aliphatic rings. The van der Waals surface area contributed by atoms with Crippen LogP contribution in [0, 0.1) is 6.92 Å². The molecule has 0 aliphatic carbocycles. The molecular weight excluding hydrogens is 388 g/mol. The molecular formula is C21H24N4O3S. The Morgan fingerprint density at radius 1 is 1.31 bits per heavy atom. The van der Waals surface area contributed by atoms with Crippen LogP contribution in [0.2, 0.25) is 0 Å². The molecule has 1 fully saturated rings. The molecule has 2 amide bonds. The number of likely N-dealkylation sites (tertiary alicyclic amines) is 1. The van der Waals surface area contributed by atoms with Crippen molar-refractivity contribution in [2.75, 3.05) is 19.6 Å². The van der Waals surface area contributed by atoms with Gasteiger partial charge in [0.05, 0.1) is 15.8 Å². The van der Waals surface area contributed by atoms with E-state index in [2.05, 4.69) is 10.4 Å². The van der Waals surface area contributed by atoms with Crippen molar-refractivity contribution in [2.24, 2.45) is 0 Å². The topological polar surface area (TPSA) is 84.3 Å². The highest BCUT2D eigenvalue weighted by Crippen LogP contribution is 2.32. The molecule has 1 N–H and O–H groups in total. The molecule has 1 atom stereocenters. The minimum Gasteiger partial charge on any atom is -0.354 e. The highest BCUT2D eigenvalue weighted by Gasteiger charge is 2.22. The minimum absolute atomic E-state index is 0.187. The van der Waals surface area contributed by atoms with Gasteiger partial charge in [-0.3, -0.25) is 14.4 Å². The molecule has 1 saturated heterocycles. The molecule has 0 bridgehead atoms. The maximum atomic E-state index is 13.1. The fraction of sp³-hybridized carbons (Fsp3) is 0.429. The lowest BCUT2D eigenvalue weighted by Gasteiger charge is -2.17. The third-order valence-corrected chi connectivity index (χ3v) is 6.71. The quantitative estimate of drug-likeness (QED) is 0.631. The van der Waals surface area contributed by atoms with E-state index in [0.717, 1.165) is 33.4 Å². The summed E-state index contributed by atoms with van der Waals surface area (Å²) < 4.78 is 3.20. The van der Waals surface area contributed by atoms with Crippen LogP contribution in [-0.4, -0.2) is 46.1 Å². The van der Waals surface area contributed by atoms with Gasteiger partial charge in [0, 0.05) is 36.1 Å². The number of nitrogens with zero attached hydrogens (tertiary/aromatic N) is 3. The Labute approximate surface area is 172 Å². The smallest absolute Gasteiger partial charge is 0.276 e. The Balaban J connectivity index is 1.50. The number of aromatic nitrogens is 2. The molecule has 29 heavy (non-hydrogen) atoms. The molecule has 1 aliphatic heterocycles. The Kier molecular flexibility index (Phi) is 5.36. The number of hydrogen-bond acceptors (Lipinski definition) is 5. The van der Waals surface area contributed by atoms with Crippen LogP contribution in [0.15, 0.2) is 29.1 Å². The molecule has 2 aromatic heterocycles. The van der Waals surface area contributed by atoms with Crippen molar-refractivity contribution in [3.8, 4) is 0 Å². The van der Waals surface area contributed by atoms with Gasteiger partial charge in [-0.1, -0.05) is 18.2 Å². The summed E-state index contributed by atoms with van der Waals surface area (Å²) in [5.74, 6) is -0.0575. The largest absolute Gasteiger partial charge is 0.354 e. The van der Waals surface area contributed by atoms with Gasteiger partial charge in [-0.05, 0) is 32.8 Å². The summed E-state index contributed by atoms with van der Waals surface area (Å²) in [6, 6.07) is 7.08. The monoisotopic (exact) mass is 412 g/mol. The summed E-state index contributed by atoms with van der Waals surface area (Å²) in [4.78, 5) is 39.2. The van der Waals surface area contributed by atoms with Crippen LogP contribution in [0.25, 0.3) is 20.2 Å². The zero-order chi connectivity index (χ0) is 20.5. The predicted molar refractivity (Wildman–Crippen MR) is 114 cm³/mol. The van der Waals surface area contributed by atoms with Crippen LogP contribution in [-0.2, 0) is 9.59 Å². The van der Waals surface area contributed by atoms with Gasteiger partial charge in [0.15, 0.2) is 0 Å². The fourth-order valence-corrected chi connectivity index (χ4v) is 4.96. The highest BCUT2D eigenvalue weighted by molar-refractivity contribution is 7.26. The fourth-order valence-electron chi connectivity index (χ4n) is 3.82. The number of nitrogens with one attached hydrogen (secondary N) is 1. The van der Waals surface area contributed by atoms with Crippen molar-refractivity contribution >= 4 is 43.3 Å². The first-order valence-electron chi connectivity index (χ1n) is 9.93. The molecule has 1 unspecified atom stereocenters. The average molecular weight is 413 g/mol. The summed E-state index contributed by atoms with van der Waals surface area (Å²) in [7, 11) is 0. The standard InChI is InChI=1S/C21H24N4O3S/c1-13-19-18(15-7-3-4-8-16(15)29-19)21(28)25(23-13)14(2)20(27)22-10-6-12-24-11-5-9-17(24)26/h3-4,7-8,14H,5-6,9-12H2,1-2H3,(H,22,27). The van der Waals surface area contributed by atoms with E-state index >= 15 is 0 Å². The summed E-state index contributed by atoms with van der Waals surface area (Å²) >= 11 is 1.55.